The van der Waals surface area contributed by atoms with E-state index >= 15 is 0 Å². The average Bonchev–Trinajstić information content (AvgIpc) is 3.34. The molecule has 0 aliphatic heterocycles. The van der Waals surface area contributed by atoms with E-state index in [1.807, 2.05) is 48.5 Å². The number of carbonyl (C=O) groups is 3. The zero-order chi connectivity index (χ0) is 51.4. The van der Waals surface area contributed by atoms with E-state index in [9.17, 15) is 55.2 Å². The van der Waals surface area contributed by atoms with Crippen molar-refractivity contribution in [1.29, 1.82) is 0 Å². The molecule has 1 aromatic heterocycles. The highest BCUT2D eigenvalue weighted by molar-refractivity contribution is 6.31. The third kappa shape index (κ3) is 18.3. The van der Waals surface area contributed by atoms with Crippen LogP contribution in [0.1, 0.15) is 60.1 Å². The maximum absolute atomic E-state index is 13.4. The lowest BCUT2D eigenvalue weighted by atomic mass is 9.99. The first-order chi connectivity index (χ1) is 32.7. The van der Waals surface area contributed by atoms with Gasteiger partial charge in [0.25, 0.3) is 5.91 Å². The van der Waals surface area contributed by atoms with Crippen molar-refractivity contribution in [3.8, 4) is 11.1 Å². The van der Waals surface area contributed by atoms with Crippen LogP contribution in [0.2, 0.25) is 5.15 Å². The molecule has 0 fully saturated rings. The Balaban J connectivity index is 1.50. The smallest absolute Gasteiger partial charge is 0.328 e. The van der Waals surface area contributed by atoms with Gasteiger partial charge in [0.2, 0.25) is 5.91 Å². The van der Waals surface area contributed by atoms with Crippen molar-refractivity contribution in [2.45, 2.75) is 106 Å². The van der Waals surface area contributed by atoms with E-state index in [1.54, 1.807) is 0 Å². The molecular formula is C45H68ClN9O14. The summed E-state index contributed by atoms with van der Waals surface area (Å²) < 4.78 is 4.99. The van der Waals surface area contributed by atoms with Crippen molar-refractivity contribution in [3.05, 3.63) is 70.5 Å². The number of rotatable bonds is 29. The van der Waals surface area contributed by atoms with Crippen molar-refractivity contribution in [1.82, 2.24) is 25.1 Å². The van der Waals surface area contributed by atoms with E-state index in [-0.39, 0.29) is 60.2 Å². The molecule has 2 amide bonds. The van der Waals surface area contributed by atoms with Gasteiger partial charge in [0, 0.05) is 33.1 Å². The third-order valence-corrected chi connectivity index (χ3v) is 11.7. The van der Waals surface area contributed by atoms with Gasteiger partial charge >= 0.3 is 5.97 Å². The Morgan fingerprint density at radius 2 is 1.23 bits per heavy atom. The molecule has 0 saturated heterocycles. The zero-order valence-electron chi connectivity index (χ0n) is 38.7. The fourth-order valence-corrected chi connectivity index (χ4v) is 7.33. The summed E-state index contributed by atoms with van der Waals surface area (Å²) in [5.74, 6) is -2.06. The summed E-state index contributed by atoms with van der Waals surface area (Å²) in [6.07, 6.45) is -11.2. The van der Waals surface area contributed by atoms with Crippen molar-refractivity contribution in [2.75, 3.05) is 65.0 Å². The van der Waals surface area contributed by atoms with Gasteiger partial charge in [0.15, 0.2) is 28.4 Å². The molecule has 384 valence electrons. The quantitative estimate of drug-likeness (QED) is 0.0146. The number of hydrogen-bond acceptors (Lipinski definition) is 20. The van der Waals surface area contributed by atoms with Gasteiger partial charge in [-0.1, -0.05) is 60.1 Å². The lowest BCUT2D eigenvalue weighted by Gasteiger charge is -2.33. The van der Waals surface area contributed by atoms with Crippen molar-refractivity contribution >= 4 is 47.0 Å². The number of nitrogens with one attached hydrogen (secondary N) is 1. The van der Waals surface area contributed by atoms with E-state index in [2.05, 4.69) is 20.3 Å². The van der Waals surface area contributed by atoms with E-state index < -0.39 is 93.1 Å². The van der Waals surface area contributed by atoms with E-state index in [0.717, 1.165) is 35.1 Å². The first kappa shape index (κ1) is 58.2. The minimum Gasteiger partial charge on any atom is -0.467 e. The molecule has 3 aromatic rings. The molecule has 0 aliphatic rings. The molecular weight excluding hydrogens is 926 g/mol. The normalized spacial score (nSPS) is 15.9. The summed E-state index contributed by atoms with van der Waals surface area (Å²) in [5, 5.41) is 102. The number of unbranched alkanes of at least 4 members (excludes halogenated alkanes) is 2. The molecule has 1 heterocycles. The standard InChI is InChI=1S/C45H68ClN9O14/c1-54(29(44(68)69-2)8-4-6-20-55(21-30(58)36(63)38(65)32(60)23-56)22-31(59)37(64)39(66)33(61)24-57)34(62)18-13-26-11-16-28(17-12-26)27-14-9-25(10-15-27)7-3-5-19-50-45(49)53-43(67)35-41(47)52-42(48)40(46)51-35/h9-12,14-17,29-33,36-39,56-61,63-66H,3-8,13,18-24H2,1-2H3,(H4,47,48,52)(H3,49,50,53,67)/t29-,30-,31-,32+,33+,36+,37+,38+,39+/m0/s1. The first-order valence-corrected chi connectivity index (χ1v) is 22.7. The molecule has 0 aliphatic carbocycles. The highest BCUT2D eigenvalue weighted by atomic mass is 35.5. The second-order valence-electron chi connectivity index (χ2n) is 16.6. The first-order valence-electron chi connectivity index (χ1n) is 22.3. The second-order valence-corrected chi connectivity index (χ2v) is 17.0. The van der Waals surface area contributed by atoms with Crippen LogP contribution in [0.3, 0.4) is 0 Å². The van der Waals surface area contributed by atoms with Crippen LogP contribution in [0.4, 0.5) is 11.6 Å². The van der Waals surface area contributed by atoms with Crippen LogP contribution in [0.5, 0.6) is 0 Å². The van der Waals surface area contributed by atoms with Crippen LogP contribution >= 0.6 is 11.6 Å². The Morgan fingerprint density at radius 3 is 1.74 bits per heavy atom. The molecule has 2 aromatic carbocycles. The predicted molar refractivity (Wildman–Crippen MR) is 254 cm³/mol. The van der Waals surface area contributed by atoms with E-state index in [1.165, 1.54) is 24.0 Å². The molecule has 23 nitrogen and oxygen atoms in total. The summed E-state index contributed by atoms with van der Waals surface area (Å²) in [4.78, 5) is 53.1. The Bertz CT molecular complexity index is 2060. The van der Waals surface area contributed by atoms with Crippen LogP contribution in [0.15, 0.2) is 53.5 Å². The number of nitrogens with zero attached hydrogens (tertiary/aromatic N) is 5. The van der Waals surface area contributed by atoms with Crippen LogP contribution in [-0.2, 0) is 27.2 Å². The van der Waals surface area contributed by atoms with E-state index in [4.69, 9.17) is 43.8 Å². The maximum atomic E-state index is 13.4. The number of likely N-dealkylation sites (N-methyl/N-ethyl adjacent to an activating group) is 1. The Hall–Kier alpha value is -5.15. The predicted octanol–water partition coefficient (Wildman–Crippen LogP) is -2.69. The van der Waals surface area contributed by atoms with Crippen LogP contribution < -0.4 is 22.5 Å². The fraction of sp³-hybridized carbons (Fsp3) is 0.556. The summed E-state index contributed by atoms with van der Waals surface area (Å²) in [5.41, 5.74) is 20.9. The number of aliphatic imine (C=N–C) groups is 1. The number of methoxy groups -OCH3 is 1. The van der Waals surface area contributed by atoms with Crippen LogP contribution in [-0.4, -0.2) is 203 Å². The van der Waals surface area contributed by atoms with Crippen molar-refractivity contribution in [3.63, 3.8) is 0 Å². The van der Waals surface area contributed by atoms with Crippen LogP contribution in [0, 0.1) is 0 Å². The summed E-state index contributed by atoms with van der Waals surface area (Å²) in [6.45, 7) is -2.26. The van der Waals surface area contributed by atoms with Crippen LogP contribution in [0.25, 0.3) is 11.1 Å². The Morgan fingerprint density at radius 1 is 0.725 bits per heavy atom. The van der Waals surface area contributed by atoms with Crippen molar-refractivity contribution in [2.24, 2.45) is 10.7 Å². The molecule has 24 heteroatoms. The van der Waals surface area contributed by atoms with Gasteiger partial charge in [-0.25, -0.2) is 14.8 Å². The van der Waals surface area contributed by atoms with Gasteiger partial charge in [-0.15, -0.1) is 0 Å². The maximum Gasteiger partial charge on any atom is 0.328 e. The molecule has 17 N–H and O–H groups in total. The number of aromatic nitrogens is 2. The number of carbonyl (C=O) groups excluding carboxylic acids is 3. The number of benzene rings is 2. The molecule has 9 atom stereocenters. The highest BCUT2D eigenvalue weighted by Crippen LogP contribution is 2.23. The van der Waals surface area contributed by atoms with Gasteiger partial charge in [0.1, 0.15) is 42.7 Å². The minimum atomic E-state index is -1.94. The zero-order valence-corrected chi connectivity index (χ0v) is 39.4. The third-order valence-electron chi connectivity index (χ3n) is 11.5. The SMILES string of the molecule is COC(=O)[C@H](CCCCN(C[C@H](O)[C@@H](O)[C@H](O)[C@H](O)CO)C[C@H](O)[C@@H](O)[C@H](O)[C@H](O)CO)N(C)C(=O)CCc1ccc(-c2ccc(CCCCN=C(N)NC(=O)c3nc(Cl)c(N)nc3N)cc2)cc1. The Kier molecular flexibility index (Phi) is 24.6. The van der Waals surface area contributed by atoms with Gasteiger partial charge in [-0.3, -0.25) is 24.8 Å². The fourth-order valence-electron chi connectivity index (χ4n) is 7.20. The molecule has 0 saturated carbocycles. The average molecular weight is 995 g/mol. The number of nitrogen functional groups attached to an aromatic ring is 2. The highest BCUT2D eigenvalue weighted by Gasteiger charge is 2.35. The largest absolute Gasteiger partial charge is 0.467 e. The number of anilines is 2. The number of halogens is 1. The summed E-state index contributed by atoms with van der Waals surface area (Å²) >= 11 is 5.84. The monoisotopic (exact) mass is 993 g/mol. The molecule has 0 spiro atoms. The number of aliphatic hydroxyl groups excluding tert-OH is 10. The number of esters is 1. The van der Waals surface area contributed by atoms with E-state index in [0.29, 0.717) is 25.8 Å². The second kappa shape index (κ2) is 29.1. The van der Waals surface area contributed by atoms with Gasteiger partial charge < -0.3 is 77.9 Å². The van der Waals surface area contributed by atoms with Gasteiger partial charge in [-0.2, -0.15) is 0 Å². The molecule has 69 heavy (non-hydrogen) atoms. The Labute approximate surface area is 404 Å². The van der Waals surface area contributed by atoms with Gasteiger partial charge in [-0.05, 0) is 73.7 Å². The number of ether oxygens (including phenoxy) is 1. The number of guanidine groups is 1. The van der Waals surface area contributed by atoms with Crippen molar-refractivity contribution < 1.29 is 70.2 Å². The number of hydrogen-bond donors (Lipinski definition) is 14. The number of amides is 2. The minimum absolute atomic E-state index is 0.0481. The summed E-state index contributed by atoms with van der Waals surface area (Å²) in [7, 11) is 2.70. The molecule has 0 unspecified atom stereocenters. The number of aliphatic hydroxyl groups is 10. The molecule has 0 bridgehead atoms. The summed E-state index contributed by atoms with van der Waals surface area (Å²) in [6, 6.07) is 15.0. The lowest BCUT2D eigenvalue weighted by molar-refractivity contribution is -0.152. The van der Waals surface area contributed by atoms with Gasteiger partial charge in [0.05, 0.1) is 32.5 Å². The molecule has 3 rings (SSSR count). The number of aryl methyl sites for hydroxylation is 2. The number of nitrogens with two attached hydrogens (primary N) is 3. The lowest BCUT2D eigenvalue weighted by Crippen LogP contribution is -2.53. The molecule has 0 radical (unpaired) electrons. The topological polar surface area (TPSA) is 397 Å².